The summed E-state index contributed by atoms with van der Waals surface area (Å²) in [4.78, 5) is 28.1. The highest BCUT2D eigenvalue weighted by molar-refractivity contribution is 6.04. The molecular formula is C19H15N5O2. The highest BCUT2D eigenvalue weighted by Crippen LogP contribution is 2.20. The fourth-order valence-corrected chi connectivity index (χ4v) is 2.47. The number of rotatable bonds is 4. The van der Waals surface area contributed by atoms with E-state index < -0.39 is 0 Å². The Labute approximate surface area is 149 Å². The van der Waals surface area contributed by atoms with Gasteiger partial charge in [0.25, 0.3) is 5.91 Å². The molecule has 4 aromatic rings. The molecule has 2 aromatic heterocycles. The van der Waals surface area contributed by atoms with Crippen LogP contribution in [0.25, 0.3) is 11.0 Å². The molecule has 0 aliphatic heterocycles. The van der Waals surface area contributed by atoms with Gasteiger partial charge in [0.15, 0.2) is 0 Å². The van der Waals surface area contributed by atoms with Crippen LogP contribution in [0.15, 0.2) is 60.8 Å². The molecule has 128 valence electrons. The highest BCUT2D eigenvalue weighted by Gasteiger charge is 2.11. The molecule has 26 heavy (non-hydrogen) atoms. The maximum atomic E-state index is 12.5. The maximum Gasteiger partial charge on any atom is 0.322 e. The summed E-state index contributed by atoms with van der Waals surface area (Å²) in [5.41, 5.74) is 2.89. The second-order valence-corrected chi connectivity index (χ2v) is 5.67. The molecule has 0 aliphatic rings. The van der Waals surface area contributed by atoms with Crippen LogP contribution in [0.3, 0.4) is 0 Å². The van der Waals surface area contributed by atoms with Gasteiger partial charge in [-0.1, -0.05) is 18.2 Å². The van der Waals surface area contributed by atoms with Crippen LogP contribution < -0.4 is 10.1 Å². The Morgan fingerprint density at radius 3 is 2.81 bits per heavy atom. The molecular weight excluding hydrogens is 330 g/mol. The molecule has 2 heterocycles. The molecule has 0 fully saturated rings. The second-order valence-electron chi connectivity index (χ2n) is 5.67. The van der Waals surface area contributed by atoms with Gasteiger partial charge >= 0.3 is 6.01 Å². The molecule has 2 aromatic carbocycles. The van der Waals surface area contributed by atoms with Crippen molar-refractivity contribution in [3.8, 4) is 11.8 Å². The number of nitrogens with zero attached hydrogens (tertiary/aromatic N) is 3. The first-order chi connectivity index (χ1) is 12.7. The summed E-state index contributed by atoms with van der Waals surface area (Å²) in [7, 11) is 0. The van der Waals surface area contributed by atoms with Crippen molar-refractivity contribution >= 4 is 22.9 Å². The molecule has 0 atom stereocenters. The van der Waals surface area contributed by atoms with E-state index >= 15 is 0 Å². The molecule has 7 heteroatoms. The van der Waals surface area contributed by atoms with E-state index in [-0.39, 0.29) is 11.9 Å². The average molecular weight is 345 g/mol. The third kappa shape index (κ3) is 3.36. The largest absolute Gasteiger partial charge is 0.424 e. The van der Waals surface area contributed by atoms with E-state index in [1.165, 1.54) is 0 Å². The zero-order valence-corrected chi connectivity index (χ0v) is 13.9. The minimum atomic E-state index is -0.292. The van der Waals surface area contributed by atoms with Gasteiger partial charge in [0.1, 0.15) is 5.75 Å². The molecule has 4 rings (SSSR count). The van der Waals surface area contributed by atoms with Crippen molar-refractivity contribution in [1.82, 2.24) is 19.9 Å². The number of aryl methyl sites for hydroxylation is 1. The summed E-state index contributed by atoms with van der Waals surface area (Å²) in [5, 5.41) is 2.76. The summed E-state index contributed by atoms with van der Waals surface area (Å²) in [6, 6.07) is 16.4. The first kappa shape index (κ1) is 15.8. The summed E-state index contributed by atoms with van der Waals surface area (Å²) < 4.78 is 5.62. The number of amides is 1. The van der Waals surface area contributed by atoms with E-state index in [1.807, 2.05) is 31.2 Å². The van der Waals surface area contributed by atoms with Crippen molar-refractivity contribution in [2.75, 3.05) is 5.32 Å². The van der Waals surface area contributed by atoms with Crippen molar-refractivity contribution in [1.29, 1.82) is 0 Å². The number of aromatic nitrogens is 4. The number of H-pyrrole nitrogens is 1. The van der Waals surface area contributed by atoms with E-state index in [0.29, 0.717) is 17.3 Å². The zero-order valence-electron chi connectivity index (χ0n) is 13.9. The lowest BCUT2D eigenvalue weighted by molar-refractivity contribution is 0.102. The lowest BCUT2D eigenvalue weighted by atomic mass is 10.2. The average Bonchev–Trinajstić information content (AvgIpc) is 3.04. The van der Waals surface area contributed by atoms with Gasteiger partial charge in [-0.05, 0) is 43.3 Å². The van der Waals surface area contributed by atoms with E-state index in [0.717, 1.165) is 16.7 Å². The van der Waals surface area contributed by atoms with E-state index in [9.17, 15) is 4.79 Å². The third-order valence-electron chi connectivity index (χ3n) is 3.70. The van der Waals surface area contributed by atoms with Crippen LogP contribution in [-0.4, -0.2) is 25.8 Å². The molecule has 0 saturated heterocycles. The zero-order chi connectivity index (χ0) is 17.9. The number of ether oxygens (including phenoxy) is 1. The fourth-order valence-electron chi connectivity index (χ4n) is 2.47. The normalized spacial score (nSPS) is 10.7. The number of imidazole rings is 1. The van der Waals surface area contributed by atoms with Crippen LogP contribution in [0.5, 0.6) is 11.8 Å². The lowest BCUT2D eigenvalue weighted by Gasteiger charge is -2.06. The Hall–Kier alpha value is -3.74. The molecule has 0 bridgehead atoms. The topological polar surface area (TPSA) is 92.8 Å². The minimum Gasteiger partial charge on any atom is -0.424 e. The minimum absolute atomic E-state index is 0.236. The standard InChI is InChI=1S/C19H15N5O2/c1-12-9-10-20-19(21-12)26-14-6-4-5-13(11-14)17(25)24-18-22-15-7-2-3-8-16(15)23-18/h2-11H,1H3,(H2,22,23,24,25). The molecule has 0 aliphatic carbocycles. The Morgan fingerprint density at radius 2 is 1.96 bits per heavy atom. The van der Waals surface area contributed by atoms with Gasteiger partial charge in [-0.2, -0.15) is 0 Å². The molecule has 1 amide bonds. The van der Waals surface area contributed by atoms with Gasteiger partial charge in [0.05, 0.1) is 11.0 Å². The number of carbonyl (C=O) groups excluding carboxylic acids is 1. The Kier molecular flexibility index (Phi) is 4.03. The van der Waals surface area contributed by atoms with Gasteiger partial charge in [-0.3, -0.25) is 10.1 Å². The third-order valence-corrected chi connectivity index (χ3v) is 3.70. The summed E-state index contributed by atoms with van der Waals surface area (Å²) in [6.45, 7) is 1.85. The van der Waals surface area contributed by atoms with Gasteiger partial charge in [-0.25, -0.2) is 15.0 Å². The van der Waals surface area contributed by atoms with Crippen LogP contribution in [0.4, 0.5) is 5.95 Å². The monoisotopic (exact) mass is 345 g/mol. The molecule has 0 saturated carbocycles. The first-order valence-electron chi connectivity index (χ1n) is 8.01. The molecule has 0 radical (unpaired) electrons. The van der Waals surface area contributed by atoms with Crippen LogP contribution in [0, 0.1) is 6.92 Å². The van der Waals surface area contributed by atoms with Gasteiger partial charge in [-0.15, -0.1) is 0 Å². The molecule has 0 unspecified atom stereocenters. The highest BCUT2D eigenvalue weighted by atomic mass is 16.5. The van der Waals surface area contributed by atoms with Crippen molar-refractivity contribution < 1.29 is 9.53 Å². The Balaban J connectivity index is 1.52. The maximum absolute atomic E-state index is 12.5. The molecule has 0 spiro atoms. The fraction of sp³-hybridized carbons (Fsp3) is 0.0526. The van der Waals surface area contributed by atoms with E-state index in [2.05, 4.69) is 25.3 Å². The van der Waals surface area contributed by atoms with Crippen molar-refractivity contribution in [2.45, 2.75) is 6.92 Å². The molecule has 7 nitrogen and oxygen atoms in total. The van der Waals surface area contributed by atoms with Crippen LogP contribution in [0.2, 0.25) is 0 Å². The van der Waals surface area contributed by atoms with Crippen LogP contribution in [0.1, 0.15) is 16.1 Å². The second kappa shape index (κ2) is 6.64. The lowest BCUT2D eigenvalue weighted by Crippen LogP contribution is -2.12. The number of carbonyl (C=O) groups is 1. The first-order valence-corrected chi connectivity index (χ1v) is 8.01. The summed E-state index contributed by atoms with van der Waals surface area (Å²) in [5.74, 6) is 0.581. The molecule has 2 N–H and O–H groups in total. The predicted molar refractivity (Wildman–Crippen MR) is 97.3 cm³/mol. The number of hydrogen-bond donors (Lipinski definition) is 2. The smallest absolute Gasteiger partial charge is 0.322 e. The number of para-hydroxylation sites is 2. The number of fused-ring (bicyclic) bond motifs is 1. The number of benzene rings is 2. The van der Waals surface area contributed by atoms with E-state index in [1.54, 1.807) is 36.5 Å². The Bertz CT molecular complexity index is 1060. The number of hydrogen-bond acceptors (Lipinski definition) is 5. The quantitative estimate of drug-likeness (QED) is 0.588. The van der Waals surface area contributed by atoms with Gasteiger partial charge in [0.2, 0.25) is 5.95 Å². The summed E-state index contributed by atoms with van der Waals surface area (Å²) in [6.07, 6.45) is 1.62. The van der Waals surface area contributed by atoms with Gasteiger partial charge < -0.3 is 9.72 Å². The predicted octanol–water partition coefficient (Wildman–Crippen LogP) is 3.71. The van der Waals surface area contributed by atoms with Crippen LogP contribution >= 0.6 is 0 Å². The Morgan fingerprint density at radius 1 is 1.08 bits per heavy atom. The number of nitrogens with one attached hydrogen (secondary N) is 2. The van der Waals surface area contributed by atoms with Crippen molar-refractivity contribution in [3.63, 3.8) is 0 Å². The van der Waals surface area contributed by atoms with Crippen molar-refractivity contribution in [2.24, 2.45) is 0 Å². The van der Waals surface area contributed by atoms with Gasteiger partial charge in [0, 0.05) is 17.5 Å². The SMILES string of the molecule is Cc1ccnc(Oc2cccc(C(=O)Nc3nc4ccccc4[nH]3)c2)n1. The van der Waals surface area contributed by atoms with E-state index in [4.69, 9.17) is 4.74 Å². The number of anilines is 1. The number of aromatic amines is 1. The summed E-state index contributed by atoms with van der Waals surface area (Å²) >= 11 is 0. The van der Waals surface area contributed by atoms with Crippen molar-refractivity contribution in [3.05, 3.63) is 72.1 Å². The van der Waals surface area contributed by atoms with Crippen LogP contribution in [-0.2, 0) is 0 Å².